The van der Waals surface area contributed by atoms with Gasteiger partial charge in [-0.2, -0.15) is 0 Å². The lowest BCUT2D eigenvalue weighted by Crippen LogP contribution is -2.08. The van der Waals surface area contributed by atoms with Crippen LogP contribution in [-0.4, -0.2) is 25.2 Å². The second-order valence-electron chi connectivity index (χ2n) is 4.42. The van der Waals surface area contributed by atoms with E-state index in [9.17, 15) is 4.79 Å². The highest BCUT2D eigenvalue weighted by molar-refractivity contribution is 5.95. The highest BCUT2D eigenvalue weighted by Crippen LogP contribution is 2.22. The lowest BCUT2D eigenvalue weighted by molar-refractivity contribution is 0.0698. The topological polar surface area (TPSA) is 52.6 Å². The summed E-state index contributed by atoms with van der Waals surface area (Å²) in [4.78, 5) is 13.1. The van der Waals surface area contributed by atoms with Crippen molar-refractivity contribution in [2.45, 2.75) is 0 Å². The van der Waals surface area contributed by atoms with Gasteiger partial charge >= 0.3 is 5.97 Å². The summed E-state index contributed by atoms with van der Waals surface area (Å²) in [6.45, 7) is 0. The molecule has 0 aliphatic heterocycles. The summed E-state index contributed by atoms with van der Waals surface area (Å²) < 4.78 is 0. The Bertz CT molecular complexity index is 577. The fraction of sp³-hybridized carbons (Fsp3) is 0.133. The van der Waals surface area contributed by atoms with Gasteiger partial charge in [0.05, 0.1) is 11.3 Å². The van der Waals surface area contributed by atoms with Crippen LogP contribution in [0.4, 0.5) is 17.1 Å². The largest absolute Gasteiger partial charge is 0.478 e. The third-order valence-electron chi connectivity index (χ3n) is 2.82. The summed E-state index contributed by atoms with van der Waals surface area (Å²) in [6, 6.07) is 14.7. The molecule has 0 heterocycles. The van der Waals surface area contributed by atoms with Gasteiger partial charge in [0.15, 0.2) is 0 Å². The van der Waals surface area contributed by atoms with Crippen LogP contribution in [0.3, 0.4) is 0 Å². The van der Waals surface area contributed by atoms with E-state index in [4.69, 9.17) is 5.11 Å². The molecule has 0 fully saturated rings. The van der Waals surface area contributed by atoms with Crippen LogP contribution in [0.15, 0.2) is 48.5 Å². The Morgan fingerprint density at radius 1 is 1.05 bits per heavy atom. The van der Waals surface area contributed by atoms with Crippen LogP contribution >= 0.6 is 0 Å². The molecule has 19 heavy (non-hydrogen) atoms. The highest BCUT2D eigenvalue weighted by atomic mass is 16.4. The maximum absolute atomic E-state index is 11.1. The van der Waals surface area contributed by atoms with E-state index in [0.717, 1.165) is 11.4 Å². The number of anilines is 3. The third kappa shape index (κ3) is 3.04. The first-order valence-corrected chi connectivity index (χ1v) is 5.94. The van der Waals surface area contributed by atoms with Gasteiger partial charge in [0.2, 0.25) is 0 Å². The molecule has 2 aromatic rings. The van der Waals surface area contributed by atoms with Gasteiger partial charge in [0.25, 0.3) is 0 Å². The summed E-state index contributed by atoms with van der Waals surface area (Å²) in [5.74, 6) is -0.937. The predicted octanol–water partition coefficient (Wildman–Crippen LogP) is 3.19. The van der Waals surface area contributed by atoms with E-state index in [-0.39, 0.29) is 5.56 Å². The maximum Gasteiger partial charge on any atom is 0.337 e. The lowest BCUT2D eigenvalue weighted by Gasteiger charge is -2.14. The van der Waals surface area contributed by atoms with E-state index in [1.165, 1.54) is 0 Å². The van der Waals surface area contributed by atoms with Crippen molar-refractivity contribution in [2.24, 2.45) is 0 Å². The van der Waals surface area contributed by atoms with Crippen molar-refractivity contribution < 1.29 is 9.90 Å². The highest BCUT2D eigenvalue weighted by Gasteiger charge is 2.08. The molecule has 2 N–H and O–H groups in total. The van der Waals surface area contributed by atoms with Crippen LogP contribution < -0.4 is 10.2 Å². The Morgan fingerprint density at radius 3 is 2.26 bits per heavy atom. The smallest absolute Gasteiger partial charge is 0.337 e. The van der Waals surface area contributed by atoms with E-state index < -0.39 is 5.97 Å². The zero-order valence-corrected chi connectivity index (χ0v) is 10.9. The molecule has 0 saturated heterocycles. The van der Waals surface area contributed by atoms with Crippen molar-refractivity contribution in [1.82, 2.24) is 0 Å². The Hall–Kier alpha value is -2.49. The number of benzene rings is 2. The van der Waals surface area contributed by atoms with Crippen molar-refractivity contribution >= 4 is 23.0 Å². The summed E-state index contributed by atoms with van der Waals surface area (Å²) >= 11 is 0. The number of hydrogen-bond acceptors (Lipinski definition) is 3. The van der Waals surface area contributed by atoms with Crippen LogP contribution in [0.5, 0.6) is 0 Å². The molecule has 0 spiro atoms. The van der Waals surface area contributed by atoms with Gasteiger partial charge in [-0.15, -0.1) is 0 Å². The minimum atomic E-state index is -0.937. The SMILES string of the molecule is CN(C)c1ccc(Nc2ccccc2C(=O)O)cc1. The average Bonchev–Trinajstić information content (AvgIpc) is 2.39. The molecule has 4 heteroatoms. The molecule has 0 unspecified atom stereocenters. The van der Waals surface area contributed by atoms with Gasteiger partial charge in [0, 0.05) is 25.5 Å². The number of aromatic carboxylic acids is 1. The number of carboxylic acids is 1. The summed E-state index contributed by atoms with van der Waals surface area (Å²) in [6.07, 6.45) is 0. The second kappa shape index (κ2) is 5.44. The van der Waals surface area contributed by atoms with Gasteiger partial charge < -0.3 is 15.3 Å². The normalized spacial score (nSPS) is 10.0. The number of hydrogen-bond donors (Lipinski definition) is 2. The van der Waals surface area contributed by atoms with Crippen LogP contribution in [-0.2, 0) is 0 Å². The number of rotatable bonds is 4. The van der Waals surface area contributed by atoms with E-state index >= 15 is 0 Å². The van der Waals surface area contributed by atoms with Crippen molar-refractivity contribution in [1.29, 1.82) is 0 Å². The Morgan fingerprint density at radius 2 is 1.68 bits per heavy atom. The van der Waals surface area contributed by atoms with Crippen molar-refractivity contribution in [2.75, 3.05) is 24.3 Å². The summed E-state index contributed by atoms with van der Waals surface area (Å²) in [5, 5.41) is 12.2. The Kier molecular flexibility index (Phi) is 3.71. The first-order chi connectivity index (χ1) is 9.08. The van der Waals surface area contributed by atoms with Crippen molar-refractivity contribution in [3.63, 3.8) is 0 Å². The van der Waals surface area contributed by atoms with Gasteiger partial charge in [0.1, 0.15) is 0 Å². The first kappa shape index (κ1) is 13.0. The molecular formula is C15H16N2O2. The number of nitrogens with one attached hydrogen (secondary N) is 1. The molecule has 0 atom stereocenters. The van der Waals surface area contributed by atoms with Crippen LogP contribution in [0, 0.1) is 0 Å². The van der Waals surface area contributed by atoms with E-state index in [0.29, 0.717) is 5.69 Å². The zero-order chi connectivity index (χ0) is 13.8. The van der Waals surface area contributed by atoms with Crippen LogP contribution in [0.25, 0.3) is 0 Å². The molecule has 0 saturated carbocycles. The fourth-order valence-electron chi connectivity index (χ4n) is 1.78. The van der Waals surface area contributed by atoms with Crippen molar-refractivity contribution in [3.8, 4) is 0 Å². The summed E-state index contributed by atoms with van der Waals surface area (Å²) in [7, 11) is 3.95. The quantitative estimate of drug-likeness (QED) is 0.882. The van der Waals surface area contributed by atoms with Crippen molar-refractivity contribution in [3.05, 3.63) is 54.1 Å². The molecule has 0 bridgehead atoms. The molecule has 0 amide bonds. The molecule has 2 aromatic carbocycles. The molecule has 4 nitrogen and oxygen atoms in total. The molecule has 98 valence electrons. The minimum absolute atomic E-state index is 0.263. The molecule has 0 radical (unpaired) electrons. The second-order valence-corrected chi connectivity index (χ2v) is 4.42. The number of carboxylic acid groups (broad SMARTS) is 1. The predicted molar refractivity (Wildman–Crippen MR) is 77.5 cm³/mol. The number of nitrogens with zero attached hydrogens (tertiary/aromatic N) is 1. The van der Waals surface area contributed by atoms with E-state index in [2.05, 4.69) is 5.32 Å². The van der Waals surface area contributed by atoms with Crippen LogP contribution in [0.2, 0.25) is 0 Å². The molecule has 0 aromatic heterocycles. The fourth-order valence-corrected chi connectivity index (χ4v) is 1.78. The number of carbonyl (C=O) groups is 1. The molecule has 2 rings (SSSR count). The Balaban J connectivity index is 2.24. The maximum atomic E-state index is 11.1. The lowest BCUT2D eigenvalue weighted by atomic mass is 10.1. The summed E-state index contributed by atoms with van der Waals surface area (Å²) in [5.41, 5.74) is 2.81. The van der Waals surface area contributed by atoms with Crippen LogP contribution in [0.1, 0.15) is 10.4 Å². The molecular weight excluding hydrogens is 240 g/mol. The minimum Gasteiger partial charge on any atom is -0.478 e. The van der Waals surface area contributed by atoms with E-state index in [1.54, 1.807) is 18.2 Å². The average molecular weight is 256 g/mol. The van der Waals surface area contributed by atoms with Gasteiger partial charge in [-0.25, -0.2) is 4.79 Å². The molecule has 0 aliphatic rings. The zero-order valence-electron chi connectivity index (χ0n) is 10.9. The van der Waals surface area contributed by atoms with Gasteiger partial charge in [-0.05, 0) is 36.4 Å². The van der Waals surface area contributed by atoms with E-state index in [1.807, 2.05) is 49.3 Å². The molecule has 0 aliphatic carbocycles. The number of para-hydroxylation sites is 1. The Labute approximate surface area is 112 Å². The monoisotopic (exact) mass is 256 g/mol. The standard InChI is InChI=1S/C15H16N2O2/c1-17(2)12-9-7-11(8-10-12)16-14-6-4-3-5-13(14)15(18)19/h3-10,16H,1-2H3,(H,18,19). The van der Waals surface area contributed by atoms with Gasteiger partial charge in [-0.1, -0.05) is 12.1 Å². The first-order valence-electron chi connectivity index (χ1n) is 5.94. The third-order valence-corrected chi connectivity index (χ3v) is 2.82. The van der Waals surface area contributed by atoms with Gasteiger partial charge in [-0.3, -0.25) is 0 Å².